The average molecular weight is 343 g/mol. The van der Waals surface area contributed by atoms with Crippen LogP contribution in [0.5, 0.6) is 0 Å². The fourth-order valence-electron chi connectivity index (χ4n) is 4.35. The van der Waals surface area contributed by atoms with Crippen LogP contribution in [0.1, 0.15) is 47.9 Å². The van der Waals surface area contributed by atoms with Crippen LogP contribution in [0.2, 0.25) is 0 Å². The van der Waals surface area contributed by atoms with E-state index in [1.165, 1.54) is 22.3 Å². The van der Waals surface area contributed by atoms with Crippen molar-refractivity contribution in [2.75, 3.05) is 13.1 Å². The smallest absolute Gasteiger partial charge is 0.317 e. The number of piperidine rings is 1. The summed E-state index contributed by atoms with van der Waals surface area (Å²) in [6.45, 7) is 8.33. The van der Waals surface area contributed by atoms with Gasteiger partial charge in [0.15, 0.2) is 0 Å². The molecular formula is C20H29N3O2. The zero-order valence-electron chi connectivity index (χ0n) is 15.5. The molecule has 2 saturated heterocycles. The highest BCUT2D eigenvalue weighted by atomic mass is 16.2. The van der Waals surface area contributed by atoms with Gasteiger partial charge in [-0.15, -0.1) is 0 Å². The molecule has 2 aliphatic heterocycles. The van der Waals surface area contributed by atoms with E-state index >= 15 is 0 Å². The molecule has 2 heterocycles. The van der Waals surface area contributed by atoms with Gasteiger partial charge in [0, 0.05) is 38.0 Å². The van der Waals surface area contributed by atoms with E-state index in [9.17, 15) is 9.59 Å². The number of carbonyl (C=O) groups excluding carboxylic acids is 2. The Labute approximate surface area is 150 Å². The Balaban J connectivity index is 1.66. The number of aryl methyl sites for hydroxylation is 3. The molecule has 25 heavy (non-hydrogen) atoms. The van der Waals surface area contributed by atoms with Crippen molar-refractivity contribution >= 4 is 11.9 Å². The van der Waals surface area contributed by atoms with Gasteiger partial charge in [0.2, 0.25) is 5.91 Å². The second-order valence-electron chi connectivity index (χ2n) is 7.56. The first-order valence-electron chi connectivity index (χ1n) is 9.33. The molecule has 0 aromatic heterocycles. The van der Waals surface area contributed by atoms with Gasteiger partial charge in [-0.05, 0) is 56.7 Å². The Hall–Kier alpha value is -2.04. The molecule has 2 aliphatic rings. The summed E-state index contributed by atoms with van der Waals surface area (Å²) in [6, 6.07) is 4.50. The minimum Gasteiger partial charge on any atom is -0.356 e. The van der Waals surface area contributed by atoms with Crippen molar-refractivity contribution in [3.63, 3.8) is 0 Å². The number of amides is 3. The number of rotatable bonds is 3. The quantitative estimate of drug-likeness (QED) is 0.886. The topological polar surface area (TPSA) is 61.4 Å². The van der Waals surface area contributed by atoms with Gasteiger partial charge in [-0.25, -0.2) is 4.79 Å². The van der Waals surface area contributed by atoms with Crippen molar-refractivity contribution in [3.05, 3.63) is 34.4 Å². The molecule has 2 fully saturated rings. The Bertz CT molecular complexity index is 648. The van der Waals surface area contributed by atoms with Crippen molar-refractivity contribution in [1.29, 1.82) is 0 Å². The molecule has 0 saturated carbocycles. The predicted octanol–water partition coefficient (Wildman–Crippen LogP) is 2.81. The lowest BCUT2D eigenvalue weighted by Crippen LogP contribution is -2.51. The highest BCUT2D eigenvalue weighted by molar-refractivity contribution is 5.79. The van der Waals surface area contributed by atoms with E-state index in [1.54, 1.807) is 0 Å². The normalized spacial score (nSPS) is 23.5. The summed E-state index contributed by atoms with van der Waals surface area (Å²) in [7, 11) is 0. The van der Waals surface area contributed by atoms with Crippen molar-refractivity contribution in [2.24, 2.45) is 5.92 Å². The van der Waals surface area contributed by atoms with E-state index in [4.69, 9.17) is 0 Å². The van der Waals surface area contributed by atoms with Crippen molar-refractivity contribution in [2.45, 2.75) is 59.0 Å². The monoisotopic (exact) mass is 343 g/mol. The molecule has 0 spiro atoms. The van der Waals surface area contributed by atoms with Gasteiger partial charge in [-0.2, -0.15) is 0 Å². The maximum atomic E-state index is 12.8. The summed E-state index contributed by atoms with van der Waals surface area (Å²) in [6.07, 6.45) is 3.72. The zero-order valence-corrected chi connectivity index (χ0v) is 15.5. The van der Waals surface area contributed by atoms with Gasteiger partial charge < -0.3 is 15.5 Å². The number of hydrogen-bond donors (Lipinski definition) is 2. The molecule has 3 rings (SSSR count). The molecule has 1 aromatic rings. The number of nitrogens with one attached hydrogen (secondary N) is 2. The number of carbonyl (C=O) groups is 2. The first-order valence-corrected chi connectivity index (χ1v) is 9.33. The van der Waals surface area contributed by atoms with Gasteiger partial charge in [0.1, 0.15) is 0 Å². The van der Waals surface area contributed by atoms with Crippen LogP contribution in [0.15, 0.2) is 12.1 Å². The van der Waals surface area contributed by atoms with Crippen LogP contribution < -0.4 is 10.6 Å². The highest BCUT2D eigenvalue weighted by Crippen LogP contribution is 2.27. The molecule has 3 amide bonds. The molecule has 1 aromatic carbocycles. The number of benzene rings is 1. The average Bonchev–Trinajstić information content (AvgIpc) is 3.00. The van der Waals surface area contributed by atoms with Crippen LogP contribution in [0, 0.1) is 26.7 Å². The Morgan fingerprint density at radius 1 is 1.24 bits per heavy atom. The van der Waals surface area contributed by atoms with E-state index < -0.39 is 0 Å². The number of nitrogens with zero attached hydrogens (tertiary/aromatic N) is 1. The summed E-state index contributed by atoms with van der Waals surface area (Å²) in [5.74, 6) is 0.364. The fraction of sp³-hybridized carbons (Fsp3) is 0.600. The largest absolute Gasteiger partial charge is 0.356 e. The van der Waals surface area contributed by atoms with Gasteiger partial charge >= 0.3 is 6.03 Å². The predicted molar refractivity (Wildman–Crippen MR) is 98.4 cm³/mol. The van der Waals surface area contributed by atoms with Crippen molar-refractivity contribution < 1.29 is 9.59 Å². The van der Waals surface area contributed by atoms with E-state index in [0.29, 0.717) is 19.5 Å². The molecule has 0 unspecified atom stereocenters. The van der Waals surface area contributed by atoms with E-state index in [0.717, 1.165) is 25.8 Å². The molecule has 0 aliphatic carbocycles. The maximum absolute atomic E-state index is 12.8. The number of likely N-dealkylation sites (tertiary alicyclic amines) is 1. The SMILES string of the molecule is Cc1cc(C)c(CNC(=O)N2CCCC[C@H]2[C@@H]2CNC(=O)C2)c(C)c1. The summed E-state index contributed by atoms with van der Waals surface area (Å²) < 4.78 is 0. The zero-order chi connectivity index (χ0) is 18.0. The first kappa shape index (κ1) is 17.8. The van der Waals surface area contributed by atoms with Crippen LogP contribution in [-0.2, 0) is 11.3 Å². The minimum atomic E-state index is 0.00317. The van der Waals surface area contributed by atoms with Gasteiger partial charge in [-0.3, -0.25) is 4.79 Å². The van der Waals surface area contributed by atoms with Crippen LogP contribution in [-0.4, -0.2) is 36.0 Å². The third-order valence-electron chi connectivity index (χ3n) is 5.62. The molecule has 0 bridgehead atoms. The summed E-state index contributed by atoms with van der Waals surface area (Å²) in [4.78, 5) is 26.3. The second-order valence-corrected chi connectivity index (χ2v) is 7.56. The van der Waals surface area contributed by atoms with Gasteiger partial charge in [-0.1, -0.05) is 17.7 Å². The van der Waals surface area contributed by atoms with Crippen LogP contribution in [0.3, 0.4) is 0 Å². The lowest BCUT2D eigenvalue weighted by molar-refractivity contribution is -0.119. The van der Waals surface area contributed by atoms with Gasteiger partial charge in [0.05, 0.1) is 0 Å². The van der Waals surface area contributed by atoms with Crippen LogP contribution >= 0.6 is 0 Å². The van der Waals surface area contributed by atoms with E-state index in [1.807, 2.05) is 4.90 Å². The third-order valence-corrected chi connectivity index (χ3v) is 5.62. The lowest BCUT2D eigenvalue weighted by Gasteiger charge is -2.38. The second kappa shape index (κ2) is 7.46. The minimum absolute atomic E-state index is 0.00317. The number of hydrogen-bond acceptors (Lipinski definition) is 2. The molecule has 136 valence electrons. The Kier molecular flexibility index (Phi) is 5.30. The van der Waals surface area contributed by atoms with E-state index in [2.05, 4.69) is 43.5 Å². The standard InChI is InChI=1S/C20H29N3O2/c1-13-8-14(2)17(15(3)9-13)12-22-20(25)23-7-5-4-6-18(23)16-10-19(24)21-11-16/h8-9,16,18H,4-7,10-12H2,1-3H3,(H,21,24)(H,22,25)/t16-,18-/m0/s1. The van der Waals surface area contributed by atoms with E-state index in [-0.39, 0.29) is 23.9 Å². The molecule has 2 atom stereocenters. The highest BCUT2D eigenvalue weighted by Gasteiger charge is 2.36. The Morgan fingerprint density at radius 2 is 1.96 bits per heavy atom. The lowest BCUT2D eigenvalue weighted by atomic mass is 9.90. The molecule has 0 radical (unpaired) electrons. The number of urea groups is 1. The van der Waals surface area contributed by atoms with Crippen molar-refractivity contribution in [1.82, 2.24) is 15.5 Å². The summed E-state index contributed by atoms with van der Waals surface area (Å²) >= 11 is 0. The Morgan fingerprint density at radius 3 is 2.60 bits per heavy atom. The fourth-order valence-corrected chi connectivity index (χ4v) is 4.35. The first-order chi connectivity index (χ1) is 12.0. The van der Waals surface area contributed by atoms with Gasteiger partial charge in [0.25, 0.3) is 0 Å². The molecule has 2 N–H and O–H groups in total. The molecular weight excluding hydrogens is 314 g/mol. The summed E-state index contributed by atoms with van der Waals surface area (Å²) in [5, 5.41) is 6.02. The van der Waals surface area contributed by atoms with Crippen LogP contribution in [0.4, 0.5) is 4.79 Å². The maximum Gasteiger partial charge on any atom is 0.317 e. The molecule has 5 heteroatoms. The third kappa shape index (κ3) is 3.97. The summed E-state index contributed by atoms with van der Waals surface area (Å²) in [5.41, 5.74) is 4.89. The van der Waals surface area contributed by atoms with Crippen LogP contribution in [0.25, 0.3) is 0 Å². The molecule has 5 nitrogen and oxygen atoms in total. The van der Waals surface area contributed by atoms with Crippen molar-refractivity contribution in [3.8, 4) is 0 Å².